The minimum atomic E-state index is -1.24. The Bertz CT molecular complexity index is 997. The maximum atomic E-state index is 14.6. The molecule has 0 aliphatic carbocycles. The van der Waals surface area contributed by atoms with Gasteiger partial charge in [-0.2, -0.15) is 0 Å². The number of aliphatic hydroxyl groups excluding tert-OH is 1. The SMILES string of the molecule is CC[C@]12C=CCOC(=O)[C@H]1[C@H]1C(=O)N(CCCCCCO)C3C(=O)N(C(C)(C)CC(C)(C)C)CC=C[C@@]31O2. The quantitative estimate of drug-likeness (QED) is 0.278. The van der Waals surface area contributed by atoms with Crippen LogP contribution in [-0.4, -0.2) is 81.8 Å². The van der Waals surface area contributed by atoms with Crippen molar-refractivity contribution in [1.29, 1.82) is 0 Å². The highest BCUT2D eigenvalue weighted by molar-refractivity contribution is 5.99. The molecule has 8 heteroatoms. The first-order valence-corrected chi connectivity index (χ1v) is 14.3. The Morgan fingerprint density at radius 2 is 1.68 bits per heavy atom. The molecule has 2 fully saturated rings. The van der Waals surface area contributed by atoms with Gasteiger partial charge < -0.3 is 24.4 Å². The lowest BCUT2D eigenvalue weighted by molar-refractivity contribution is -0.160. The molecule has 4 rings (SSSR count). The third-order valence-corrected chi connectivity index (χ3v) is 8.70. The van der Waals surface area contributed by atoms with Crippen LogP contribution in [0.15, 0.2) is 24.3 Å². The van der Waals surface area contributed by atoms with Crippen molar-refractivity contribution in [3.05, 3.63) is 24.3 Å². The summed E-state index contributed by atoms with van der Waals surface area (Å²) < 4.78 is 12.4. The van der Waals surface area contributed by atoms with Gasteiger partial charge in [-0.15, -0.1) is 0 Å². The third-order valence-electron chi connectivity index (χ3n) is 8.70. The summed E-state index contributed by atoms with van der Waals surface area (Å²) in [5.41, 5.74) is -2.70. The monoisotopic (exact) mass is 530 g/mol. The van der Waals surface area contributed by atoms with Crippen LogP contribution in [-0.2, 0) is 23.9 Å². The standard InChI is InChI=1S/C30H46N2O6/c1-7-29-14-13-19-37-26(36)22(29)21-24(34)31(16-10-8-9-11-18-33)23-25(35)32(17-12-15-30(21,23)38-29)28(5,6)20-27(2,3)4/h12-15,21-23,33H,7-11,16-20H2,1-6H3/t21-,22+,23?,29-,30-/m0/s1. The molecule has 4 heterocycles. The second-order valence-corrected chi connectivity index (χ2v) is 13.2. The topological polar surface area (TPSA) is 96.4 Å². The van der Waals surface area contributed by atoms with E-state index in [4.69, 9.17) is 14.6 Å². The van der Waals surface area contributed by atoms with Crippen LogP contribution in [0.5, 0.6) is 0 Å². The Morgan fingerprint density at radius 3 is 2.34 bits per heavy atom. The number of aliphatic hydroxyl groups is 1. The fraction of sp³-hybridized carbons (Fsp3) is 0.767. The van der Waals surface area contributed by atoms with E-state index < -0.39 is 40.6 Å². The molecule has 0 aromatic carbocycles. The van der Waals surface area contributed by atoms with E-state index in [1.54, 1.807) is 11.0 Å². The first-order chi connectivity index (χ1) is 17.8. The molecular formula is C30H46N2O6. The molecule has 38 heavy (non-hydrogen) atoms. The number of fused-ring (bicyclic) bond motifs is 2. The molecule has 5 atom stereocenters. The van der Waals surface area contributed by atoms with Gasteiger partial charge >= 0.3 is 5.97 Å². The highest BCUT2D eigenvalue weighted by Crippen LogP contribution is 2.58. The van der Waals surface area contributed by atoms with Gasteiger partial charge in [0.15, 0.2) is 0 Å². The van der Waals surface area contributed by atoms with Gasteiger partial charge in [-0.1, -0.05) is 58.8 Å². The summed E-state index contributed by atoms with van der Waals surface area (Å²) in [5, 5.41) is 9.15. The second kappa shape index (κ2) is 10.4. The Balaban J connectivity index is 1.78. The molecule has 1 N–H and O–H groups in total. The molecular weight excluding hydrogens is 484 g/mol. The van der Waals surface area contributed by atoms with Crippen molar-refractivity contribution in [3.8, 4) is 0 Å². The van der Waals surface area contributed by atoms with Gasteiger partial charge in [-0.05, 0) is 51.0 Å². The van der Waals surface area contributed by atoms with Crippen LogP contribution < -0.4 is 0 Å². The molecule has 1 spiro atoms. The summed E-state index contributed by atoms with van der Waals surface area (Å²) in [7, 11) is 0. The lowest BCUT2D eigenvalue weighted by Crippen LogP contribution is -2.60. The van der Waals surface area contributed by atoms with Crippen LogP contribution in [0, 0.1) is 17.3 Å². The zero-order chi connectivity index (χ0) is 27.9. The Kier molecular flexibility index (Phi) is 7.90. The van der Waals surface area contributed by atoms with Crippen molar-refractivity contribution in [3.63, 3.8) is 0 Å². The Hall–Kier alpha value is -2.19. The van der Waals surface area contributed by atoms with Gasteiger partial charge in [0.2, 0.25) is 11.8 Å². The molecule has 2 saturated heterocycles. The number of likely N-dealkylation sites (tertiary alicyclic amines) is 1. The van der Waals surface area contributed by atoms with Crippen LogP contribution in [0.1, 0.15) is 80.1 Å². The molecule has 0 bridgehead atoms. The van der Waals surface area contributed by atoms with Crippen molar-refractivity contribution in [2.24, 2.45) is 17.3 Å². The summed E-state index contributed by atoms with van der Waals surface area (Å²) >= 11 is 0. The van der Waals surface area contributed by atoms with Crippen LogP contribution in [0.3, 0.4) is 0 Å². The lowest BCUT2D eigenvalue weighted by Gasteiger charge is -2.45. The number of ether oxygens (including phenoxy) is 2. The fourth-order valence-electron chi connectivity index (χ4n) is 7.52. The van der Waals surface area contributed by atoms with E-state index >= 15 is 0 Å². The van der Waals surface area contributed by atoms with Crippen molar-refractivity contribution < 1.29 is 29.0 Å². The van der Waals surface area contributed by atoms with Crippen molar-refractivity contribution in [2.45, 2.75) is 103 Å². The summed E-state index contributed by atoms with van der Waals surface area (Å²) in [4.78, 5) is 45.8. The summed E-state index contributed by atoms with van der Waals surface area (Å²) in [6, 6.07) is -0.854. The summed E-state index contributed by atoms with van der Waals surface area (Å²) in [6.45, 7) is 13.7. The van der Waals surface area contributed by atoms with E-state index in [2.05, 4.69) is 34.6 Å². The van der Waals surface area contributed by atoms with Crippen molar-refractivity contribution >= 4 is 17.8 Å². The van der Waals surface area contributed by atoms with E-state index in [9.17, 15) is 14.4 Å². The zero-order valence-electron chi connectivity index (χ0n) is 24.0. The molecule has 212 valence electrons. The number of hydrogen-bond donors (Lipinski definition) is 1. The maximum Gasteiger partial charge on any atom is 0.313 e. The lowest BCUT2D eigenvalue weighted by atomic mass is 9.73. The molecule has 1 unspecified atom stereocenters. The normalized spacial score (nSPS) is 33.1. The van der Waals surface area contributed by atoms with Crippen molar-refractivity contribution in [2.75, 3.05) is 26.3 Å². The average molecular weight is 531 g/mol. The van der Waals surface area contributed by atoms with Crippen LogP contribution >= 0.6 is 0 Å². The number of hydrogen-bond acceptors (Lipinski definition) is 6. The Morgan fingerprint density at radius 1 is 0.974 bits per heavy atom. The van der Waals surface area contributed by atoms with Crippen LogP contribution in [0.25, 0.3) is 0 Å². The fourth-order valence-corrected chi connectivity index (χ4v) is 7.52. The minimum Gasteiger partial charge on any atom is -0.461 e. The molecule has 0 aromatic rings. The third kappa shape index (κ3) is 4.83. The maximum absolute atomic E-state index is 14.6. The van der Waals surface area contributed by atoms with Crippen LogP contribution in [0.2, 0.25) is 0 Å². The molecule has 4 aliphatic heterocycles. The van der Waals surface area contributed by atoms with Crippen molar-refractivity contribution in [1.82, 2.24) is 9.80 Å². The first kappa shape index (κ1) is 28.8. The van der Waals surface area contributed by atoms with Gasteiger partial charge in [-0.25, -0.2) is 0 Å². The number of cyclic esters (lactones) is 1. The average Bonchev–Trinajstić information content (AvgIpc) is 3.08. The molecule has 2 amide bonds. The molecule has 4 aliphatic rings. The molecule has 0 aromatic heterocycles. The predicted octanol–water partition coefficient (Wildman–Crippen LogP) is 3.63. The largest absolute Gasteiger partial charge is 0.461 e. The number of unbranched alkanes of at least 4 members (excludes halogenated alkanes) is 3. The van der Waals surface area contributed by atoms with Crippen LogP contribution in [0.4, 0.5) is 0 Å². The molecule has 0 saturated carbocycles. The minimum absolute atomic E-state index is 0.00418. The summed E-state index contributed by atoms with van der Waals surface area (Å²) in [6.07, 6.45) is 11.9. The first-order valence-electron chi connectivity index (χ1n) is 14.3. The second-order valence-electron chi connectivity index (χ2n) is 13.2. The van der Waals surface area contributed by atoms with E-state index in [-0.39, 0.29) is 30.4 Å². The Labute approximate surface area is 227 Å². The number of carbonyl (C=O) groups is 3. The number of rotatable bonds is 9. The molecule has 8 nitrogen and oxygen atoms in total. The van der Waals surface area contributed by atoms with E-state index in [0.717, 1.165) is 19.3 Å². The zero-order valence-corrected chi connectivity index (χ0v) is 24.0. The van der Waals surface area contributed by atoms with Gasteiger partial charge in [0.1, 0.15) is 29.8 Å². The number of amides is 2. The molecule has 0 radical (unpaired) electrons. The highest BCUT2D eigenvalue weighted by Gasteiger charge is 2.75. The van der Waals surface area contributed by atoms with E-state index in [1.807, 2.05) is 30.1 Å². The summed E-state index contributed by atoms with van der Waals surface area (Å²) in [5.74, 6) is -2.42. The van der Waals surface area contributed by atoms with E-state index in [1.165, 1.54) is 0 Å². The number of nitrogens with zero attached hydrogens (tertiary/aromatic N) is 2. The van der Waals surface area contributed by atoms with Gasteiger partial charge in [-0.3, -0.25) is 14.4 Å². The number of carbonyl (C=O) groups excluding carboxylic acids is 3. The van der Waals surface area contributed by atoms with E-state index in [0.29, 0.717) is 32.4 Å². The predicted molar refractivity (Wildman–Crippen MR) is 144 cm³/mol. The highest BCUT2D eigenvalue weighted by atomic mass is 16.6. The smallest absolute Gasteiger partial charge is 0.313 e. The van der Waals surface area contributed by atoms with Gasteiger partial charge in [0.05, 0.1) is 5.92 Å². The number of esters is 1. The van der Waals surface area contributed by atoms with Gasteiger partial charge in [0, 0.05) is 25.2 Å². The van der Waals surface area contributed by atoms with Gasteiger partial charge in [0.25, 0.3) is 0 Å².